The van der Waals surface area contributed by atoms with Gasteiger partial charge in [0.15, 0.2) is 0 Å². The fourth-order valence-corrected chi connectivity index (χ4v) is 1.13. The molecular weight excluding hydrogens is 134 g/mol. The average molecular weight is 149 g/mol. The molecule has 11 heavy (non-hydrogen) atoms. The SMILES string of the molecule is CCC(C)=C(N)C1C=CC=C1. The number of hydrogen-bond acceptors (Lipinski definition) is 1. The van der Waals surface area contributed by atoms with Crippen LogP contribution in [0.25, 0.3) is 0 Å². The van der Waals surface area contributed by atoms with Gasteiger partial charge in [-0.2, -0.15) is 0 Å². The van der Waals surface area contributed by atoms with E-state index < -0.39 is 0 Å². The number of allylic oxidation sites excluding steroid dienone is 4. The van der Waals surface area contributed by atoms with E-state index in [1.807, 2.05) is 12.2 Å². The van der Waals surface area contributed by atoms with Gasteiger partial charge < -0.3 is 5.73 Å². The number of nitrogens with two attached hydrogens (primary N) is 1. The van der Waals surface area contributed by atoms with Crippen LogP contribution in [0.5, 0.6) is 0 Å². The molecule has 0 saturated heterocycles. The molecule has 0 radical (unpaired) electrons. The molecule has 1 heteroatoms. The summed E-state index contributed by atoms with van der Waals surface area (Å²) >= 11 is 0. The fourth-order valence-electron chi connectivity index (χ4n) is 1.13. The van der Waals surface area contributed by atoms with Crippen LogP contribution in [-0.4, -0.2) is 0 Å². The van der Waals surface area contributed by atoms with Gasteiger partial charge in [-0.15, -0.1) is 0 Å². The van der Waals surface area contributed by atoms with E-state index in [2.05, 4.69) is 26.0 Å². The van der Waals surface area contributed by atoms with Crippen molar-refractivity contribution in [2.24, 2.45) is 11.7 Å². The van der Waals surface area contributed by atoms with E-state index in [0.717, 1.165) is 12.1 Å². The lowest BCUT2D eigenvalue weighted by molar-refractivity contribution is 0.898. The Hall–Kier alpha value is -0.980. The Kier molecular flexibility index (Phi) is 2.53. The molecule has 1 rings (SSSR count). The molecule has 0 spiro atoms. The molecule has 0 aromatic rings. The van der Waals surface area contributed by atoms with Crippen LogP contribution in [0.15, 0.2) is 35.6 Å². The Balaban J connectivity index is 2.74. The smallest absolute Gasteiger partial charge is 0.0350 e. The van der Waals surface area contributed by atoms with Crippen molar-refractivity contribution < 1.29 is 0 Å². The summed E-state index contributed by atoms with van der Waals surface area (Å²) in [5.41, 5.74) is 8.22. The second-order valence-electron chi connectivity index (χ2n) is 2.88. The zero-order valence-electron chi connectivity index (χ0n) is 7.17. The Morgan fingerprint density at radius 2 is 1.91 bits per heavy atom. The van der Waals surface area contributed by atoms with Crippen LogP contribution >= 0.6 is 0 Å². The molecule has 0 amide bonds. The summed E-state index contributed by atoms with van der Waals surface area (Å²) in [6, 6.07) is 0. The highest BCUT2D eigenvalue weighted by Gasteiger charge is 2.08. The van der Waals surface area contributed by atoms with Crippen molar-refractivity contribution in [1.82, 2.24) is 0 Å². The van der Waals surface area contributed by atoms with Gasteiger partial charge >= 0.3 is 0 Å². The van der Waals surface area contributed by atoms with Crippen LogP contribution in [0.2, 0.25) is 0 Å². The van der Waals surface area contributed by atoms with E-state index in [9.17, 15) is 0 Å². The normalized spacial score (nSPS) is 19.1. The molecule has 0 atom stereocenters. The Labute approximate surface area is 68.3 Å². The number of hydrogen-bond donors (Lipinski definition) is 1. The third kappa shape index (κ3) is 1.73. The monoisotopic (exact) mass is 149 g/mol. The third-order valence-electron chi connectivity index (χ3n) is 2.13. The van der Waals surface area contributed by atoms with E-state index in [1.165, 1.54) is 5.57 Å². The lowest BCUT2D eigenvalue weighted by atomic mass is 10.0. The van der Waals surface area contributed by atoms with Crippen LogP contribution in [0.1, 0.15) is 20.3 Å². The molecule has 0 unspecified atom stereocenters. The minimum absolute atomic E-state index is 0.356. The molecule has 0 fully saturated rings. The standard InChI is InChI=1S/C10H15N/c1-3-8(2)10(11)9-6-4-5-7-9/h4-7,9H,3,11H2,1-2H3. The first-order valence-corrected chi connectivity index (χ1v) is 4.05. The number of rotatable bonds is 2. The van der Waals surface area contributed by atoms with Gasteiger partial charge in [0.25, 0.3) is 0 Å². The first kappa shape index (κ1) is 8.12. The predicted octanol–water partition coefficient (Wildman–Crippen LogP) is 2.37. The molecule has 0 aromatic carbocycles. The molecule has 1 aliphatic carbocycles. The molecule has 0 aliphatic heterocycles. The minimum Gasteiger partial charge on any atom is -0.401 e. The second-order valence-corrected chi connectivity index (χ2v) is 2.88. The third-order valence-corrected chi connectivity index (χ3v) is 2.13. The van der Waals surface area contributed by atoms with Crippen LogP contribution in [-0.2, 0) is 0 Å². The van der Waals surface area contributed by atoms with E-state index in [0.29, 0.717) is 5.92 Å². The summed E-state index contributed by atoms with van der Waals surface area (Å²) in [6.07, 6.45) is 9.37. The first-order valence-electron chi connectivity index (χ1n) is 4.05. The van der Waals surface area contributed by atoms with Gasteiger partial charge in [0.1, 0.15) is 0 Å². The molecule has 0 saturated carbocycles. The van der Waals surface area contributed by atoms with E-state index in [4.69, 9.17) is 5.73 Å². The molecule has 0 heterocycles. The molecule has 0 aromatic heterocycles. The van der Waals surface area contributed by atoms with Gasteiger partial charge in [0, 0.05) is 11.6 Å². The van der Waals surface area contributed by atoms with Crippen molar-refractivity contribution in [1.29, 1.82) is 0 Å². The minimum atomic E-state index is 0.356. The summed E-state index contributed by atoms with van der Waals surface area (Å²) in [4.78, 5) is 0. The summed E-state index contributed by atoms with van der Waals surface area (Å²) in [6.45, 7) is 4.22. The summed E-state index contributed by atoms with van der Waals surface area (Å²) < 4.78 is 0. The zero-order valence-corrected chi connectivity index (χ0v) is 7.17. The Bertz CT molecular complexity index is 209. The van der Waals surface area contributed by atoms with Crippen molar-refractivity contribution >= 4 is 0 Å². The van der Waals surface area contributed by atoms with Gasteiger partial charge in [-0.1, -0.05) is 36.8 Å². The second kappa shape index (κ2) is 3.42. The van der Waals surface area contributed by atoms with Crippen LogP contribution in [0.3, 0.4) is 0 Å². The van der Waals surface area contributed by atoms with Gasteiger partial charge in [0.05, 0.1) is 0 Å². The molecule has 60 valence electrons. The van der Waals surface area contributed by atoms with Crippen LogP contribution in [0.4, 0.5) is 0 Å². The van der Waals surface area contributed by atoms with Gasteiger partial charge in [0.2, 0.25) is 0 Å². The molecule has 1 nitrogen and oxygen atoms in total. The van der Waals surface area contributed by atoms with E-state index in [1.54, 1.807) is 0 Å². The van der Waals surface area contributed by atoms with Crippen molar-refractivity contribution in [2.45, 2.75) is 20.3 Å². The van der Waals surface area contributed by atoms with Crippen molar-refractivity contribution in [2.75, 3.05) is 0 Å². The van der Waals surface area contributed by atoms with E-state index >= 15 is 0 Å². The molecule has 1 aliphatic rings. The van der Waals surface area contributed by atoms with Crippen molar-refractivity contribution in [3.05, 3.63) is 35.6 Å². The lowest BCUT2D eigenvalue weighted by Crippen LogP contribution is -2.08. The molecule has 2 N–H and O–H groups in total. The summed E-state index contributed by atoms with van der Waals surface area (Å²) in [7, 11) is 0. The first-order chi connectivity index (χ1) is 5.25. The largest absolute Gasteiger partial charge is 0.401 e. The van der Waals surface area contributed by atoms with Crippen LogP contribution < -0.4 is 5.73 Å². The maximum Gasteiger partial charge on any atom is 0.0350 e. The summed E-state index contributed by atoms with van der Waals surface area (Å²) in [5.74, 6) is 0.356. The molecular formula is C10H15N. The zero-order chi connectivity index (χ0) is 8.27. The lowest BCUT2D eigenvalue weighted by Gasteiger charge is -2.09. The summed E-state index contributed by atoms with van der Waals surface area (Å²) in [5, 5.41) is 0. The molecule has 0 bridgehead atoms. The van der Waals surface area contributed by atoms with Gasteiger partial charge in [-0.25, -0.2) is 0 Å². The maximum atomic E-state index is 5.91. The van der Waals surface area contributed by atoms with Gasteiger partial charge in [-0.3, -0.25) is 0 Å². The van der Waals surface area contributed by atoms with Crippen molar-refractivity contribution in [3.63, 3.8) is 0 Å². The van der Waals surface area contributed by atoms with E-state index in [-0.39, 0.29) is 0 Å². The quantitative estimate of drug-likeness (QED) is 0.641. The van der Waals surface area contributed by atoms with Gasteiger partial charge in [-0.05, 0) is 13.3 Å². The van der Waals surface area contributed by atoms with Crippen molar-refractivity contribution in [3.8, 4) is 0 Å². The maximum absolute atomic E-state index is 5.91. The predicted molar refractivity (Wildman–Crippen MR) is 48.9 cm³/mol. The van der Waals surface area contributed by atoms with Crippen LogP contribution in [0, 0.1) is 5.92 Å². The highest BCUT2D eigenvalue weighted by Crippen LogP contribution is 2.18. The topological polar surface area (TPSA) is 26.0 Å². The average Bonchev–Trinajstić information content (AvgIpc) is 2.53. The Morgan fingerprint density at radius 3 is 2.36 bits per heavy atom. The Morgan fingerprint density at radius 1 is 1.36 bits per heavy atom. The highest BCUT2D eigenvalue weighted by atomic mass is 14.6. The fraction of sp³-hybridized carbons (Fsp3) is 0.400. The highest BCUT2D eigenvalue weighted by molar-refractivity contribution is 5.29.